The number of nitrogens with zero attached hydrogens (tertiary/aromatic N) is 1. The minimum atomic E-state index is 0.0567. The summed E-state index contributed by atoms with van der Waals surface area (Å²) in [5.41, 5.74) is 0.880. The number of carbonyl (C=O) groups excluding carboxylic acids is 1. The molecule has 1 aliphatic heterocycles. The molecule has 2 aromatic rings. The van der Waals surface area contributed by atoms with Crippen molar-refractivity contribution in [2.75, 3.05) is 13.2 Å². The molecule has 0 radical (unpaired) electrons. The van der Waals surface area contributed by atoms with Crippen molar-refractivity contribution in [1.29, 1.82) is 0 Å². The maximum absolute atomic E-state index is 12.1. The molecule has 5 nitrogen and oxygen atoms in total. The number of aromatic nitrogens is 1. The van der Waals surface area contributed by atoms with E-state index in [0.717, 1.165) is 24.3 Å². The summed E-state index contributed by atoms with van der Waals surface area (Å²) in [6, 6.07) is 6.07. The van der Waals surface area contributed by atoms with E-state index >= 15 is 0 Å². The molecule has 1 fully saturated rings. The molecule has 0 aromatic carbocycles. The van der Waals surface area contributed by atoms with Gasteiger partial charge in [0.25, 0.3) is 0 Å². The highest BCUT2D eigenvalue weighted by Crippen LogP contribution is 2.20. The number of amides is 1. The molecule has 0 spiro atoms. The molecule has 1 N–H and O–H groups in total. The predicted octanol–water partition coefficient (Wildman–Crippen LogP) is 2.35. The summed E-state index contributed by atoms with van der Waals surface area (Å²) < 4.78 is 10.8. The van der Waals surface area contributed by atoms with Crippen LogP contribution >= 0.6 is 11.3 Å². The first-order chi connectivity index (χ1) is 10.7. The molecule has 3 rings (SSSR count). The Morgan fingerprint density at radius 3 is 3.14 bits per heavy atom. The van der Waals surface area contributed by atoms with Gasteiger partial charge in [0.15, 0.2) is 0 Å². The summed E-state index contributed by atoms with van der Waals surface area (Å²) >= 11 is 1.69. The van der Waals surface area contributed by atoms with Crippen LogP contribution in [0.3, 0.4) is 0 Å². The van der Waals surface area contributed by atoms with Crippen molar-refractivity contribution in [3.05, 3.63) is 39.9 Å². The zero-order chi connectivity index (χ0) is 15.4. The summed E-state index contributed by atoms with van der Waals surface area (Å²) in [4.78, 5) is 13.3. The Morgan fingerprint density at radius 1 is 1.50 bits per heavy atom. The lowest BCUT2D eigenvalue weighted by Gasteiger charge is -2.17. The number of aryl methyl sites for hydroxylation is 2. The van der Waals surface area contributed by atoms with Crippen LogP contribution in [0.5, 0.6) is 0 Å². The van der Waals surface area contributed by atoms with Crippen LogP contribution in [0.4, 0.5) is 0 Å². The molecule has 3 heterocycles. The number of carbonyl (C=O) groups is 1. The predicted molar refractivity (Wildman–Crippen MR) is 83.8 cm³/mol. The number of ether oxygens (including phenoxy) is 1. The fraction of sp³-hybridized carbons (Fsp3) is 0.500. The second-order valence-electron chi connectivity index (χ2n) is 5.69. The van der Waals surface area contributed by atoms with Gasteiger partial charge in [-0.3, -0.25) is 4.79 Å². The molecular formula is C16H20N2O3S. The van der Waals surface area contributed by atoms with Crippen molar-refractivity contribution >= 4 is 17.2 Å². The van der Waals surface area contributed by atoms with Gasteiger partial charge in [-0.05, 0) is 24.8 Å². The maximum Gasteiger partial charge on any atom is 0.220 e. The van der Waals surface area contributed by atoms with E-state index < -0.39 is 0 Å². The molecule has 1 aliphatic rings. The topological polar surface area (TPSA) is 64.4 Å². The van der Waals surface area contributed by atoms with E-state index in [2.05, 4.69) is 16.5 Å². The zero-order valence-electron chi connectivity index (χ0n) is 12.6. The number of thiophene rings is 1. The fourth-order valence-corrected chi connectivity index (χ4v) is 3.41. The number of rotatable bonds is 6. The summed E-state index contributed by atoms with van der Waals surface area (Å²) in [6.45, 7) is 3.13. The van der Waals surface area contributed by atoms with Crippen LogP contribution in [0, 0.1) is 12.8 Å². The first-order valence-electron chi connectivity index (χ1n) is 7.52. The molecule has 0 bridgehead atoms. The van der Waals surface area contributed by atoms with Gasteiger partial charge < -0.3 is 14.6 Å². The second kappa shape index (κ2) is 7.07. The van der Waals surface area contributed by atoms with Gasteiger partial charge in [-0.2, -0.15) is 0 Å². The summed E-state index contributed by atoms with van der Waals surface area (Å²) in [5, 5.41) is 9.03. The fourth-order valence-electron chi connectivity index (χ4n) is 2.70. The quantitative estimate of drug-likeness (QED) is 0.887. The SMILES string of the molecule is Cc1cc(C[C@@H]2COC[C@@H]2NC(=O)CCc2cccs2)on1. The lowest BCUT2D eigenvalue weighted by Crippen LogP contribution is -2.40. The Hall–Kier alpha value is -1.66. The van der Waals surface area contributed by atoms with E-state index in [1.807, 2.05) is 24.4 Å². The third-order valence-corrected chi connectivity index (χ3v) is 4.80. The van der Waals surface area contributed by atoms with Crippen molar-refractivity contribution < 1.29 is 14.1 Å². The number of hydrogen-bond donors (Lipinski definition) is 1. The highest BCUT2D eigenvalue weighted by atomic mass is 32.1. The van der Waals surface area contributed by atoms with Gasteiger partial charge >= 0.3 is 0 Å². The third kappa shape index (κ3) is 3.96. The van der Waals surface area contributed by atoms with Crippen molar-refractivity contribution in [2.24, 2.45) is 5.92 Å². The Bertz CT molecular complexity index is 609. The molecule has 1 amide bonds. The van der Waals surface area contributed by atoms with Crippen LogP contribution in [0.1, 0.15) is 22.8 Å². The lowest BCUT2D eigenvalue weighted by atomic mass is 9.98. The van der Waals surface area contributed by atoms with E-state index in [0.29, 0.717) is 19.6 Å². The average Bonchev–Trinajstić information content (AvgIpc) is 3.21. The van der Waals surface area contributed by atoms with Gasteiger partial charge in [-0.1, -0.05) is 11.2 Å². The molecule has 0 saturated carbocycles. The Morgan fingerprint density at radius 2 is 2.41 bits per heavy atom. The minimum Gasteiger partial charge on any atom is -0.379 e. The average molecular weight is 320 g/mol. The van der Waals surface area contributed by atoms with Gasteiger partial charge in [0.1, 0.15) is 5.76 Å². The van der Waals surface area contributed by atoms with Gasteiger partial charge in [-0.15, -0.1) is 11.3 Å². The van der Waals surface area contributed by atoms with Gasteiger partial charge in [-0.25, -0.2) is 0 Å². The summed E-state index contributed by atoms with van der Waals surface area (Å²) in [6.07, 6.45) is 2.06. The molecule has 2 aromatic heterocycles. The lowest BCUT2D eigenvalue weighted by molar-refractivity contribution is -0.122. The van der Waals surface area contributed by atoms with E-state index in [4.69, 9.17) is 9.26 Å². The standard InChI is InChI=1S/C16H20N2O3S/c1-11-7-13(21-18-11)8-12-9-20-10-15(12)17-16(19)5-4-14-3-2-6-22-14/h2-3,6-7,12,15H,4-5,8-10H2,1H3,(H,17,19)/t12-,15+/m1/s1. The first kappa shape index (κ1) is 15.2. The van der Waals surface area contributed by atoms with E-state index in [9.17, 15) is 4.79 Å². The van der Waals surface area contributed by atoms with Crippen molar-refractivity contribution in [1.82, 2.24) is 10.5 Å². The van der Waals surface area contributed by atoms with Crippen LogP contribution < -0.4 is 5.32 Å². The first-order valence-corrected chi connectivity index (χ1v) is 8.40. The smallest absolute Gasteiger partial charge is 0.220 e. The molecular weight excluding hydrogens is 300 g/mol. The molecule has 0 unspecified atom stereocenters. The summed E-state index contributed by atoms with van der Waals surface area (Å²) in [5.74, 6) is 1.19. The highest BCUT2D eigenvalue weighted by Gasteiger charge is 2.30. The normalized spacial score (nSPS) is 21.1. The van der Waals surface area contributed by atoms with Crippen molar-refractivity contribution in [3.8, 4) is 0 Å². The maximum atomic E-state index is 12.1. The van der Waals surface area contributed by atoms with Crippen LogP contribution in [0.2, 0.25) is 0 Å². The van der Waals surface area contributed by atoms with E-state index in [1.165, 1.54) is 4.88 Å². The van der Waals surface area contributed by atoms with Crippen LogP contribution in [0.15, 0.2) is 28.1 Å². The van der Waals surface area contributed by atoms with Crippen molar-refractivity contribution in [3.63, 3.8) is 0 Å². The van der Waals surface area contributed by atoms with Crippen LogP contribution in [-0.4, -0.2) is 30.3 Å². The molecule has 0 aliphatic carbocycles. The molecule has 6 heteroatoms. The Balaban J connectivity index is 1.49. The zero-order valence-corrected chi connectivity index (χ0v) is 13.4. The number of nitrogens with one attached hydrogen (secondary N) is 1. The monoisotopic (exact) mass is 320 g/mol. The van der Waals surface area contributed by atoms with Gasteiger partial charge in [0.2, 0.25) is 5.91 Å². The molecule has 1 saturated heterocycles. The number of hydrogen-bond acceptors (Lipinski definition) is 5. The molecule has 2 atom stereocenters. The molecule has 118 valence electrons. The minimum absolute atomic E-state index is 0.0567. The van der Waals surface area contributed by atoms with E-state index in [-0.39, 0.29) is 17.9 Å². The highest BCUT2D eigenvalue weighted by molar-refractivity contribution is 7.09. The Labute approximate surface area is 133 Å². The third-order valence-electron chi connectivity index (χ3n) is 3.86. The largest absolute Gasteiger partial charge is 0.379 e. The Kier molecular flexibility index (Phi) is 4.90. The van der Waals surface area contributed by atoms with Crippen molar-refractivity contribution in [2.45, 2.75) is 32.2 Å². The second-order valence-corrected chi connectivity index (χ2v) is 6.72. The summed E-state index contributed by atoms with van der Waals surface area (Å²) in [7, 11) is 0. The van der Waals surface area contributed by atoms with Gasteiger partial charge in [0, 0.05) is 29.7 Å². The van der Waals surface area contributed by atoms with Crippen LogP contribution in [-0.2, 0) is 22.4 Å². The van der Waals surface area contributed by atoms with E-state index in [1.54, 1.807) is 11.3 Å². The van der Waals surface area contributed by atoms with Crippen LogP contribution in [0.25, 0.3) is 0 Å². The van der Waals surface area contributed by atoms with Gasteiger partial charge in [0.05, 0.1) is 24.9 Å². The molecule has 22 heavy (non-hydrogen) atoms.